The number of benzene rings is 1. The number of carboxylic acid groups (broad SMARTS) is 1. The van der Waals surface area contributed by atoms with Crippen molar-refractivity contribution in [2.24, 2.45) is 0 Å². The largest absolute Gasteiger partial charge is 0.481 e. The van der Waals surface area contributed by atoms with Crippen LogP contribution in [-0.4, -0.2) is 39.6 Å². The zero-order chi connectivity index (χ0) is 15.0. The number of carboxylic acids is 1. The number of aromatic nitrogens is 2. The quantitative estimate of drug-likeness (QED) is 0.860. The number of fused-ring (bicyclic) bond motifs is 1. The van der Waals surface area contributed by atoms with Gasteiger partial charge in [0.15, 0.2) is 5.16 Å². The Balaban J connectivity index is 1.98. The molecular weight excluding hydrogens is 295 g/mol. The molecule has 0 radical (unpaired) electrons. The molecule has 5 nitrogen and oxygen atoms in total. The first-order valence-corrected chi connectivity index (χ1v) is 7.62. The molecule has 1 saturated carbocycles. The lowest BCUT2D eigenvalue weighted by atomic mass is 9.89. The van der Waals surface area contributed by atoms with Crippen LogP contribution in [0.4, 0.5) is 4.39 Å². The van der Waals surface area contributed by atoms with Gasteiger partial charge in [-0.25, -0.2) is 9.37 Å². The van der Waals surface area contributed by atoms with Crippen LogP contribution in [0.3, 0.4) is 0 Å². The molecule has 0 bridgehead atoms. The maximum atomic E-state index is 13.5. The summed E-state index contributed by atoms with van der Waals surface area (Å²) in [5.74, 6) is -1.28. The highest BCUT2D eigenvalue weighted by molar-refractivity contribution is 7.99. The van der Waals surface area contributed by atoms with E-state index in [1.165, 1.54) is 12.1 Å². The summed E-state index contributed by atoms with van der Waals surface area (Å²) >= 11 is 1.16. The lowest BCUT2D eigenvalue weighted by Crippen LogP contribution is -2.32. The maximum absolute atomic E-state index is 13.5. The van der Waals surface area contributed by atoms with Crippen molar-refractivity contribution in [3.8, 4) is 0 Å². The standard InChI is InChI=1S/C14H15FN2O3S/c1-20-10-5-9(6-10)17-12-4-8(15)2-3-11(12)16-14(17)21-7-13(18)19/h2-4,9-10H,5-7H2,1H3,(H,18,19). The molecule has 112 valence electrons. The van der Waals surface area contributed by atoms with Crippen molar-refractivity contribution in [3.63, 3.8) is 0 Å². The number of hydrogen-bond donors (Lipinski definition) is 1. The van der Waals surface area contributed by atoms with E-state index in [1.807, 2.05) is 4.57 Å². The van der Waals surface area contributed by atoms with Crippen LogP contribution < -0.4 is 0 Å². The van der Waals surface area contributed by atoms with E-state index in [0.29, 0.717) is 16.2 Å². The summed E-state index contributed by atoms with van der Waals surface area (Å²) < 4.78 is 20.7. The second-order valence-electron chi connectivity index (χ2n) is 5.06. The number of imidazole rings is 1. The van der Waals surface area contributed by atoms with Gasteiger partial charge in [-0.2, -0.15) is 0 Å². The number of hydrogen-bond acceptors (Lipinski definition) is 4. The van der Waals surface area contributed by atoms with Crippen molar-refractivity contribution < 1.29 is 19.0 Å². The summed E-state index contributed by atoms with van der Waals surface area (Å²) in [6.45, 7) is 0. The molecule has 0 saturated heterocycles. The van der Waals surface area contributed by atoms with Gasteiger partial charge in [-0.1, -0.05) is 11.8 Å². The van der Waals surface area contributed by atoms with Gasteiger partial charge in [0.05, 0.1) is 22.9 Å². The predicted molar refractivity (Wildman–Crippen MR) is 77.1 cm³/mol. The first-order chi connectivity index (χ1) is 10.1. The lowest BCUT2D eigenvalue weighted by molar-refractivity contribution is -0.133. The van der Waals surface area contributed by atoms with Crippen molar-refractivity contribution in [1.29, 1.82) is 0 Å². The Labute approximate surface area is 125 Å². The fourth-order valence-electron chi connectivity index (χ4n) is 2.57. The number of rotatable bonds is 5. The van der Waals surface area contributed by atoms with Crippen LogP contribution in [0.1, 0.15) is 18.9 Å². The zero-order valence-electron chi connectivity index (χ0n) is 11.5. The average Bonchev–Trinajstić information content (AvgIpc) is 2.73. The number of thioether (sulfide) groups is 1. The molecule has 1 N–H and O–H groups in total. The Hall–Kier alpha value is -1.60. The highest BCUT2D eigenvalue weighted by Gasteiger charge is 2.33. The molecule has 21 heavy (non-hydrogen) atoms. The van der Waals surface area contributed by atoms with Gasteiger partial charge in [0, 0.05) is 13.2 Å². The highest BCUT2D eigenvalue weighted by Crippen LogP contribution is 2.39. The van der Waals surface area contributed by atoms with Gasteiger partial charge in [0.1, 0.15) is 5.82 Å². The summed E-state index contributed by atoms with van der Waals surface area (Å²) in [5, 5.41) is 9.46. The summed E-state index contributed by atoms with van der Waals surface area (Å²) in [6.07, 6.45) is 1.87. The second kappa shape index (κ2) is 5.65. The molecule has 0 amide bonds. The van der Waals surface area contributed by atoms with Crippen LogP contribution in [-0.2, 0) is 9.53 Å². The minimum atomic E-state index is -0.895. The molecule has 1 heterocycles. The van der Waals surface area contributed by atoms with Crippen molar-refractivity contribution in [3.05, 3.63) is 24.0 Å². The molecule has 3 rings (SSSR count). The molecule has 0 aliphatic heterocycles. The van der Waals surface area contributed by atoms with Gasteiger partial charge < -0.3 is 14.4 Å². The van der Waals surface area contributed by atoms with Crippen LogP contribution in [0.15, 0.2) is 23.4 Å². The number of carbonyl (C=O) groups is 1. The van der Waals surface area contributed by atoms with Crippen LogP contribution in [0, 0.1) is 5.82 Å². The second-order valence-corrected chi connectivity index (χ2v) is 6.01. The van der Waals surface area contributed by atoms with Gasteiger partial charge in [0.25, 0.3) is 0 Å². The van der Waals surface area contributed by atoms with E-state index in [0.717, 1.165) is 24.6 Å². The summed E-state index contributed by atoms with van der Waals surface area (Å²) in [4.78, 5) is 15.2. The van der Waals surface area contributed by atoms with Crippen molar-refractivity contribution >= 4 is 28.8 Å². The third-order valence-electron chi connectivity index (χ3n) is 3.71. The number of ether oxygens (including phenoxy) is 1. The van der Waals surface area contributed by atoms with E-state index in [9.17, 15) is 9.18 Å². The van der Waals surface area contributed by atoms with E-state index >= 15 is 0 Å². The van der Waals surface area contributed by atoms with E-state index in [1.54, 1.807) is 13.2 Å². The highest BCUT2D eigenvalue weighted by atomic mass is 32.2. The molecule has 0 unspecified atom stereocenters. The Bertz CT molecular complexity index is 682. The Morgan fingerprint density at radius 3 is 3.00 bits per heavy atom. The van der Waals surface area contributed by atoms with Crippen molar-refractivity contribution in [1.82, 2.24) is 9.55 Å². The van der Waals surface area contributed by atoms with Gasteiger partial charge in [-0.3, -0.25) is 4.79 Å². The van der Waals surface area contributed by atoms with E-state index in [4.69, 9.17) is 9.84 Å². The molecule has 1 fully saturated rings. The lowest BCUT2D eigenvalue weighted by Gasteiger charge is -2.36. The molecule has 1 aliphatic carbocycles. The predicted octanol–water partition coefficient (Wildman–Crippen LogP) is 2.70. The smallest absolute Gasteiger partial charge is 0.313 e. The summed E-state index contributed by atoms with van der Waals surface area (Å²) in [7, 11) is 1.67. The molecule has 0 atom stereocenters. The van der Waals surface area contributed by atoms with Gasteiger partial charge in [-0.05, 0) is 31.0 Å². The minimum absolute atomic E-state index is 0.0633. The monoisotopic (exact) mass is 310 g/mol. The number of methoxy groups -OCH3 is 1. The van der Waals surface area contributed by atoms with E-state index in [2.05, 4.69) is 4.98 Å². The normalized spacial score (nSPS) is 21.4. The van der Waals surface area contributed by atoms with Gasteiger partial charge in [-0.15, -0.1) is 0 Å². The number of nitrogens with zero attached hydrogens (tertiary/aromatic N) is 2. The molecule has 1 aliphatic rings. The van der Waals surface area contributed by atoms with Crippen LogP contribution >= 0.6 is 11.8 Å². The third kappa shape index (κ3) is 2.75. The maximum Gasteiger partial charge on any atom is 0.313 e. The van der Waals surface area contributed by atoms with Crippen LogP contribution in [0.5, 0.6) is 0 Å². The van der Waals surface area contributed by atoms with Crippen molar-refractivity contribution in [2.45, 2.75) is 30.1 Å². The third-order valence-corrected chi connectivity index (χ3v) is 4.65. The first-order valence-electron chi connectivity index (χ1n) is 6.63. The van der Waals surface area contributed by atoms with Crippen LogP contribution in [0.2, 0.25) is 0 Å². The molecule has 2 aromatic rings. The SMILES string of the molecule is COC1CC(n2c(SCC(=O)O)nc3ccc(F)cc32)C1. The average molecular weight is 310 g/mol. The number of aliphatic carboxylic acids is 1. The topological polar surface area (TPSA) is 64.3 Å². The Morgan fingerprint density at radius 1 is 1.57 bits per heavy atom. The van der Waals surface area contributed by atoms with Crippen molar-refractivity contribution in [2.75, 3.05) is 12.9 Å². The molecule has 0 spiro atoms. The summed E-state index contributed by atoms with van der Waals surface area (Å²) in [6, 6.07) is 4.62. The minimum Gasteiger partial charge on any atom is -0.481 e. The molecule has 1 aromatic carbocycles. The van der Waals surface area contributed by atoms with Crippen LogP contribution in [0.25, 0.3) is 11.0 Å². The van der Waals surface area contributed by atoms with E-state index < -0.39 is 5.97 Å². The van der Waals surface area contributed by atoms with Gasteiger partial charge in [0.2, 0.25) is 0 Å². The number of halogens is 1. The summed E-state index contributed by atoms with van der Waals surface area (Å²) in [5.41, 5.74) is 1.40. The Kier molecular flexibility index (Phi) is 3.86. The fourth-order valence-corrected chi connectivity index (χ4v) is 3.37. The van der Waals surface area contributed by atoms with E-state index in [-0.39, 0.29) is 23.7 Å². The molecule has 7 heteroatoms. The molecular formula is C14H15FN2O3S. The van der Waals surface area contributed by atoms with Gasteiger partial charge >= 0.3 is 5.97 Å². The Morgan fingerprint density at radius 2 is 2.33 bits per heavy atom. The zero-order valence-corrected chi connectivity index (χ0v) is 12.3. The fraction of sp³-hybridized carbons (Fsp3) is 0.429. The first kappa shape index (κ1) is 14.3. The molecule has 1 aromatic heterocycles.